The predicted octanol–water partition coefficient (Wildman–Crippen LogP) is 3.41. The van der Waals surface area contributed by atoms with E-state index in [1.807, 2.05) is 44.2 Å². The molecule has 0 bridgehead atoms. The maximum absolute atomic E-state index is 12.0. The average Bonchev–Trinajstić information content (AvgIpc) is 2.81. The zero-order valence-corrected chi connectivity index (χ0v) is 14.4. The third-order valence-corrected chi connectivity index (χ3v) is 4.13. The third kappa shape index (κ3) is 3.82. The first-order valence-electron chi connectivity index (χ1n) is 7.59. The lowest BCUT2D eigenvalue weighted by atomic mass is 10.0. The first kappa shape index (κ1) is 17.3. The van der Waals surface area contributed by atoms with Crippen molar-refractivity contribution < 1.29 is 14.6 Å². The number of carbonyl (C=O) groups excluding carboxylic acids is 1. The fourth-order valence-corrected chi connectivity index (χ4v) is 2.95. The second-order valence-electron chi connectivity index (χ2n) is 5.80. The number of hydrogen-bond acceptors (Lipinski definition) is 4. The minimum Gasteiger partial charge on any atom is -0.493 e. The molecule has 0 saturated carbocycles. The zero-order chi connectivity index (χ0) is 17.0. The van der Waals surface area contributed by atoms with E-state index in [1.165, 1.54) is 17.2 Å². The standard InChI is InChI=1S/C17H22N2O3S/c1-11(2)14(16(21)22-3)19-15(20)13(18-17(19)23)10-9-12-7-5-4-6-8-12/h4-8,11,14,20H,9-10H2,1-3H3,(H,18,23). The number of methoxy groups -OCH3 is 1. The molecule has 0 aliphatic carbocycles. The number of benzene rings is 1. The number of aromatic nitrogens is 2. The lowest BCUT2D eigenvalue weighted by Gasteiger charge is -2.20. The van der Waals surface area contributed by atoms with E-state index in [0.29, 0.717) is 16.9 Å². The van der Waals surface area contributed by atoms with Crippen molar-refractivity contribution in [2.45, 2.75) is 32.7 Å². The van der Waals surface area contributed by atoms with Gasteiger partial charge in [0.25, 0.3) is 0 Å². The second-order valence-corrected chi connectivity index (χ2v) is 6.19. The maximum Gasteiger partial charge on any atom is 0.329 e. The number of rotatable bonds is 6. The second kappa shape index (κ2) is 7.46. The summed E-state index contributed by atoms with van der Waals surface area (Å²) in [5, 5.41) is 10.5. The van der Waals surface area contributed by atoms with Gasteiger partial charge in [0.15, 0.2) is 4.77 Å². The highest BCUT2D eigenvalue weighted by molar-refractivity contribution is 7.71. The molecule has 0 radical (unpaired) electrons. The van der Waals surface area contributed by atoms with Gasteiger partial charge in [0.1, 0.15) is 6.04 Å². The molecule has 1 atom stereocenters. The fourth-order valence-electron chi connectivity index (χ4n) is 2.63. The monoisotopic (exact) mass is 334 g/mol. The number of ether oxygens (including phenoxy) is 1. The Morgan fingerprint density at radius 2 is 1.96 bits per heavy atom. The molecule has 2 rings (SSSR count). The highest BCUT2D eigenvalue weighted by Gasteiger charge is 2.29. The van der Waals surface area contributed by atoms with Gasteiger partial charge in [-0.15, -0.1) is 0 Å². The summed E-state index contributed by atoms with van der Waals surface area (Å²) < 4.78 is 6.62. The summed E-state index contributed by atoms with van der Waals surface area (Å²) in [6, 6.07) is 9.36. The first-order chi connectivity index (χ1) is 11.0. The Morgan fingerprint density at radius 1 is 1.30 bits per heavy atom. The van der Waals surface area contributed by atoms with Gasteiger partial charge in [-0.25, -0.2) is 4.79 Å². The molecule has 124 valence electrons. The number of nitrogens with zero attached hydrogens (tertiary/aromatic N) is 1. The smallest absolute Gasteiger partial charge is 0.329 e. The van der Waals surface area contributed by atoms with Crippen LogP contribution in [0.2, 0.25) is 0 Å². The lowest BCUT2D eigenvalue weighted by Crippen LogP contribution is -2.25. The van der Waals surface area contributed by atoms with E-state index < -0.39 is 12.0 Å². The van der Waals surface area contributed by atoms with Gasteiger partial charge in [0, 0.05) is 0 Å². The Balaban J connectivity index is 2.28. The van der Waals surface area contributed by atoms with Crippen LogP contribution in [-0.4, -0.2) is 27.7 Å². The molecule has 1 heterocycles. The molecule has 1 unspecified atom stereocenters. The highest BCUT2D eigenvalue weighted by Crippen LogP contribution is 2.28. The van der Waals surface area contributed by atoms with Gasteiger partial charge < -0.3 is 14.8 Å². The first-order valence-corrected chi connectivity index (χ1v) is 8.00. The summed E-state index contributed by atoms with van der Waals surface area (Å²) in [5.74, 6) is -0.465. The molecule has 6 heteroatoms. The topological polar surface area (TPSA) is 67.2 Å². The predicted molar refractivity (Wildman–Crippen MR) is 91.0 cm³/mol. The van der Waals surface area contributed by atoms with Crippen molar-refractivity contribution in [3.05, 3.63) is 46.4 Å². The fraction of sp³-hybridized carbons (Fsp3) is 0.412. The van der Waals surface area contributed by atoms with Crippen LogP contribution in [-0.2, 0) is 22.4 Å². The number of aromatic amines is 1. The molecule has 0 amide bonds. The van der Waals surface area contributed by atoms with Crippen LogP contribution in [0.3, 0.4) is 0 Å². The zero-order valence-electron chi connectivity index (χ0n) is 13.6. The number of esters is 1. The van der Waals surface area contributed by atoms with Crippen molar-refractivity contribution in [3.63, 3.8) is 0 Å². The quantitative estimate of drug-likeness (QED) is 0.627. The summed E-state index contributed by atoms with van der Waals surface area (Å²) in [4.78, 5) is 15.1. The Bertz CT molecular complexity index is 719. The number of aryl methyl sites for hydroxylation is 2. The van der Waals surface area contributed by atoms with E-state index in [0.717, 1.165) is 6.42 Å². The molecule has 5 nitrogen and oxygen atoms in total. The van der Waals surface area contributed by atoms with Crippen LogP contribution >= 0.6 is 12.2 Å². The van der Waals surface area contributed by atoms with E-state index in [2.05, 4.69) is 4.98 Å². The van der Waals surface area contributed by atoms with Crippen LogP contribution < -0.4 is 0 Å². The minimum absolute atomic E-state index is 0.00929. The van der Waals surface area contributed by atoms with Crippen LogP contribution in [0.4, 0.5) is 0 Å². The van der Waals surface area contributed by atoms with Crippen molar-refractivity contribution >= 4 is 18.2 Å². The third-order valence-electron chi connectivity index (χ3n) is 3.83. The molecule has 0 aliphatic heterocycles. The molecule has 0 fully saturated rings. The van der Waals surface area contributed by atoms with Crippen LogP contribution in [0, 0.1) is 10.7 Å². The molecule has 0 spiro atoms. The Labute approximate surface area is 140 Å². The summed E-state index contributed by atoms with van der Waals surface area (Å²) in [6.07, 6.45) is 1.38. The van der Waals surface area contributed by atoms with Gasteiger partial charge in [-0.2, -0.15) is 0 Å². The van der Waals surface area contributed by atoms with Gasteiger partial charge in [0.05, 0.1) is 12.8 Å². The van der Waals surface area contributed by atoms with Crippen LogP contribution in [0.15, 0.2) is 30.3 Å². The normalized spacial score (nSPS) is 12.3. The number of imidazole rings is 1. The number of hydrogen-bond donors (Lipinski definition) is 2. The lowest BCUT2D eigenvalue weighted by molar-refractivity contribution is -0.146. The summed E-state index contributed by atoms with van der Waals surface area (Å²) in [7, 11) is 1.33. The van der Waals surface area contributed by atoms with E-state index in [9.17, 15) is 9.90 Å². The van der Waals surface area contributed by atoms with E-state index in [1.54, 1.807) is 0 Å². The minimum atomic E-state index is -0.644. The van der Waals surface area contributed by atoms with Crippen molar-refractivity contribution in [1.82, 2.24) is 9.55 Å². The average molecular weight is 334 g/mol. The summed E-state index contributed by atoms with van der Waals surface area (Å²) in [5.41, 5.74) is 1.81. The van der Waals surface area contributed by atoms with E-state index >= 15 is 0 Å². The summed E-state index contributed by atoms with van der Waals surface area (Å²) >= 11 is 5.29. The van der Waals surface area contributed by atoms with Crippen LogP contribution in [0.1, 0.15) is 31.1 Å². The molecule has 2 aromatic rings. The van der Waals surface area contributed by atoms with E-state index in [-0.39, 0.29) is 11.8 Å². The molecule has 1 aromatic heterocycles. The van der Waals surface area contributed by atoms with Crippen LogP contribution in [0.25, 0.3) is 0 Å². The van der Waals surface area contributed by atoms with Crippen molar-refractivity contribution in [2.24, 2.45) is 5.92 Å². The number of aromatic hydroxyl groups is 1. The van der Waals surface area contributed by atoms with E-state index in [4.69, 9.17) is 17.0 Å². The van der Waals surface area contributed by atoms with Gasteiger partial charge in [-0.05, 0) is 36.5 Å². The Morgan fingerprint density at radius 3 is 2.52 bits per heavy atom. The summed E-state index contributed by atoms with van der Waals surface area (Å²) in [6.45, 7) is 3.78. The molecule has 0 aliphatic rings. The number of H-pyrrole nitrogens is 1. The highest BCUT2D eigenvalue weighted by atomic mass is 32.1. The van der Waals surface area contributed by atoms with Gasteiger partial charge in [-0.1, -0.05) is 44.2 Å². The van der Waals surface area contributed by atoms with Crippen molar-refractivity contribution in [1.29, 1.82) is 0 Å². The molecular weight excluding hydrogens is 312 g/mol. The number of nitrogens with one attached hydrogen (secondary N) is 1. The Hall–Kier alpha value is -2.08. The molecule has 23 heavy (non-hydrogen) atoms. The molecule has 0 saturated heterocycles. The largest absolute Gasteiger partial charge is 0.493 e. The molecular formula is C17H22N2O3S. The van der Waals surface area contributed by atoms with Crippen molar-refractivity contribution in [3.8, 4) is 5.88 Å². The van der Waals surface area contributed by atoms with Gasteiger partial charge >= 0.3 is 5.97 Å². The molecule has 1 aromatic carbocycles. The van der Waals surface area contributed by atoms with Crippen LogP contribution in [0.5, 0.6) is 5.88 Å². The van der Waals surface area contributed by atoms with Gasteiger partial charge in [-0.3, -0.25) is 4.57 Å². The SMILES string of the molecule is COC(=O)C(C(C)C)n1c(O)c(CCc2ccccc2)[nH]c1=S. The maximum atomic E-state index is 12.0. The molecule has 2 N–H and O–H groups in total. The number of carbonyl (C=O) groups is 1. The Kier molecular flexibility index (Phi) is 5.60. The van der Waals surface area contributed by atoms with Gasteiger partial charge in [0.2, 0.25) is 5.88 Å². The van der Waals surface area contributed by atoms with Crippen molar-refractivity contribution in [2.75, 3.05) is 7.11 Å².